The predicted octanol–water partition coefficient (Wildman–Crippen LogP) is 4.24. The van der Waals surface area contributed by atoms with Gasteiger partial charge in [0.2, 0.25) is 0 Å². The Morgan fingerprint density at radius 3 is 2.53 bits per heavy atom. The average Bonchev–Trinajstić information content (AvgIpc) is 2.42. The van der Waals surface area contributed by atoms with Crippen molar-refractivity contribution in [3.8, 4) is 5.75 Å². The monoisotopic (exact) mass is 390 g/mol. The molecule has 2 amide bonds. The molecule has 0 saturated carbocycles. The van der Waals surface area contributed by atoms with Gasteiger partial charge in [-0.25, -0.2) is 4.79 Å². The molecule has 0 spiro atoms. The minimum atomic E-state index is -0.0511. The third-order valence-corrected chi connectivity index (χ3v) is 4.40. The molecule has 104 valence electrons. The fourth-order valence-corrected chi connectivity index (χ4v) is 3.33. The Morgan fingerprint density at radius 2 is 1.89 bits per heavy atom. The number of benzene rings is 1. The van der Waals surface area contributed by atoms with Crippen LogP contribution in [-0.4, -0.2) is 31.1 Å². The van der Waals surface area contributed by atoms with E-state index >= 15 is 0 Å². The first-order valence-corrected chi connectivity index (χ1v) is 7.79. The third-order valence-electron chi connectivity index (χ3n) is 3.13. The Balaban J connectivity index is 2.11. The lowest BCUT2D eigenvalue weighted by Gasteiger charge is -2.27. The molecule has 0 atom stereocenters. The molecule has 0 unspecified atom stereocenters. The molecule has 1 saturated heterocycles. The van der Waals surface area contributed by atoms with Gasteiger partial charge < -0.3 is 15.0 Å². The molecule has 1 fully saturated rings. The Labute approximate surface area is 129 Å². The molecule has 0 radical (unpaired) electrons. The van der Waals surface area contributed by atoms with Crippen LogP contribution in [0.15, 0.2) is 21.1 Å². The number of methoxy groups -OCH3 is 1. The molecule has 1 N–H and O–H groups in total. The SMILES string of the molecule is COc1cc(NC(=O)N2CCCCC2)c(Br)cc1Br. The first-order chi connectivity index (χ1) is 9.11. The first kappa shape index (κ1) is 14.7. The van der Waals surface area contributed by atoms with E-state index in [4.69, 9.17) is 4.74 Å². The van der Waals surface area contributed by atoms with Gasteiger partial charge in [-0.2, -0.15) is 0 Å². The van der Waals surface area contributed by atoms with Crippen molar-refractivity contribution < 1.29 is 9.53 Å². The Morgan fingerprint density at radius 1 is 1.21 bits per heavy atom. The van der Waals surface area contributed by atoms with Crippen molar-refractivity contribution in [2.45, 2.75) is 19.3 Å². The van der Waals surface area contributed by atoms with Gasteiger partial charge in [-0.3, -0.25) is 0 Å². The number of likely N-dealkylation sites (tertiary alicyclic amines) is 1. The second-order valence-corrected chi connectivity index (χ2v) is 6.15. The van der Waals surface area contributed by atoms with Crippen LogP contribution in [0.1, 0.15) is 19.3 Å². The summed E-state index contributed by atoms with van der Waals surface area (Å²) >= 11 is 6.85. The van der Waals surface area contributed by atoms with E-state index in [1.54, 1.807) is 13.2 Å². The number of hydrogen-bond donors (Lipinski definition) is 1. The van der Waals surface area contributed by atoms with Gasteiger partial charge in [-0.05, 0) is 57.2 Å². The standard InChI is InChI=1S/C13H16Br2N2O2/c1-19-12-8-11(9(14)7-10(12)15)16-13(18)17-5-3-2-4-6-17/h7-8H,2-6H2,1H3,(H,16,18). The lowest BCUT2D eigenvalue weighted by atomic mass is 10.1. The van der Waals surface area contributed by atoms with Crippen molar-refractivity contribution in [3.05, 3.63) is 21.1 Å². The number of nitrogens with one attached hydrogen (secondary N) is 1. The number of rotatable bonds is 2. The predicted molar refractivity (Wildman–Crippen MR) is 82.8 cm³/mol. The van der Waals surface area contributed by atoms with Crippen LogP contribution in [-0.2, 0) is 0 Å². The van der Waals surface area contributed by atoms with E-state index in [0.717, 1.165) is 40.6 Å². The van der Waals surface area contributed by atoms with Gasteiger partial charge in [-0.1, -0.05) is 0 Å². The minimum Gasteiger partial charge on any atom is -0.495 e. The van der Waals surface area contributed by atoms with E-state index in [9.17, 15) is 4.79 Å². The Hall–Kier alpha value is -0.750. The van der Waals surface area contributed by atoms with E-state index in [1.165, 1.54) is 6.42 Å². The quantitative estimate of drug-likeness (QED) is 0.819. The van der Waals surface area contributed by atoms with Crippen LogP contribution in [0.25, 0.3) is 0 Å². The number of amides is 2. The van der Waals surface area contributed by atoms with E-state index < -0.39 is 0 Å². The molecule has 2 rings (SSSR count). The number of piperidine rings is 1. The molecule has 1 heterocycles. The van der Waals surface area contributed by atoms with E-state index in [-0.39, 0.29) is 6.03 Å². The molecular weight excluding hydrogens is 376 g/mol. The van der Waals surface area contributed by atoms with Crippen molar-refractivity contribution in [3.63, 3.8) is 0 Å². The van der Waals surface area contributed by atoms with Gasteiger partial charge in [0.05, 0.1) is 17.3 Å². The summed E-state index contributed by atoms with van der Waals surface area (Å²) in [6.45, 7) is 1.66. The maximum atomic E-state index is 12.1. The molecule has 1 aliphatic heterocycles. The zero-order valence-electron chi connectivity index (χ0n) is 10.7. The van der Waals surface area contributed by atoms with Crippen LogP contribution in [0.2, 0.25) is 0 Å². The summed E-state index contributed by atoms with van der Waals surface area (Å²) < 4.78 is 6.90. The van der Waals surface area contributed by atoms with Crippen molar-refractivity contribution in [1.82, 2.24) is 4.90 Å². The van der Waals surface area contributed by atoms with Crippen molar-refractivity contribution in [1.29, 1.82) is 0 Å². The molecule has 0 aromatic heterocycles. The molecule has 1 aliphatic rings. The number of carbonyl (C=O) groups is 1. The van der Waals surface area contributed by atoms with Gasteiger partial charge >= 0.3 is 6.03 Å². The molecule has 4 nitrogen and oxygen atoms in total. The highest BCUT2D eigenvalue weighted by molar-refractivity contribution is 9.11. The van der Waals surface area contributed by atoms with Gasteiger partial charge in [-0.15, -0.1) is 0 Å². The summed E-state index contributed by atoms with van der Waals surface area (Å²) in [7, 11) is 1.60. The van der Waals surface area contributed by atoms with Crippen molar-refractivity contribution in [2.24, 2.45) is 0 Å². The van der Waals surface area contributed by atoms with Crippen LogP contribution in [0.5, 0.6) is 5.75 Å². The van der Waals surface area contributed by atoms with Gasteiger partial charge in [0.25, 0.3) is 0 Å². The number of halogens is 2. The fraction of sp³-hybridized carbons (Fsp3) is 0.462. The van der Waals surface area contributed by atoms with Gasteiger partial charge in [0, 0.05) is 23.6 Å². The summed E-state index contributed by atoms with van der Waals surface area (Å²) in [5.74, 6) is 0.692. The Bertz CT molecular complexity index is 474. The number of ether oxygens (including phenoxy) is 1. The first-order valence-electron chi connectivity index (χ1n) is 6.21. The summed E-state index contributed by atoms with van der Waals surface area (Å²) in [5, 5.41) is 2.92. The zero-order valence-corrected chi connectivity index (χ0v) is 13.9. The molecule has 1 aromatic rings. The summed E-state index contributed by atoms with van der Waals surface area (Å²) in [6.07, 6.45) is 3.37. The molecule has 19 heavy (non-hydrogen) atoms. The molecule has 0 aliphatic carbocycles. The Kier molecular flexibility index (Phi) is 5.10. The fourth-order valence-electron chi connectivity index (χ4n) is 2.07. The number of anilines is 1. The molecular formula is C13H16Br2N2O2. The summed E-state index contributed by atoms with van der Waals surface area (Å²) in [6, 6.07) is 3.62. The van der Waals surface area contributed by atoms with Crippen LogP contribution < -0.4 is 10.1 Å². The number of nitrogens with zero attached hydrogens (tertiary/aromatic N) is 1. The molecule has 6 heteroatoms. The highest BCUT2D eigenvalue weighted by Gasteiger charge is 2.18. The molecule has 1 aromatic carbocycles. The smallest absolute Gasteiger partial charge is 0.321 e. The van der Waals surface area contributed by atoms with E-state index in [1.807, 2.05) is 11.0 Å². The third kappa shape index (κ3) is 3.63. The zero-order chi connectivity index (χ0) is 13.8. The minimum absolute atomic E-state index is 0.0511. The van der Waals surface area contributed by atoms with Gasteiger partial charge in [0.1, 0.15) is 5.75 Å². The summed E-state index contributed by atoms with van der Waals surface area (Å²) in [4.78, 5) is 14.0. The van der Waals surface area contributed by atoms with Crippen LogP contribution in [0.4, 0.5) is 10.5 Å². The van der Waals surface area contributed by atoms with Crippen molar-refractivity contribution >= 4 is 43.6 Å². The van der Waals surface area contributed by atoms with Crippen LogP contribution in [0.3, 0.4) is 0 Å². The van der Waals surface area contributed by atoms with Crippen LogP contribution >= 0.6 is 31.9 Å². The second-order valence-electron chi connectivity index (χ2n) is 4.44. The highest BCUT2D eigenvalue weighted by Crippen LogP contribution is 2.34. The maximum absolute atomic E-state index is 12.1. The molecule has 0 bridgehead atoms. The van der Waals surface area contributed by atoms with E-state index in [2.05, 4.69) is 37.2 Å². The lowest BCUT2D eigenvalue weighted by Crippen LogP contribution is -2.38. The van der Waals surface area contributed by atoms with Crippen LogP contribution in [0, 0.1) is 0 Å². The summed E-state index contributed by atoms with van der Waals surface area (Å²) in [5.41, 5.74) is 0.718. The second kappa shape index (κ2) is 6.61. The van der Waals surface area contributed by atoms with Gasteiger partial charge in [0.15, 0.2) is 0 Å². The maximum Gasteiger partial charge on any atom is 0.321 e. The average molecular weight is 392 g/mol. The highest BCUT2D eigenvalue weighted by atomic mass is 79.9. The number of hydrogen-bond acceptors (Lipinski definition) is 2. The topological polar surface area (TPSA) is 41.6 Å². The van der Waals surface area contributed by atoms with E-state index in [0.29, 0.717) is 5.75 Å². The largest absolute Gasteiger partial charge is 0.495 e. The van der Waals surface area contributed by atoms with Crippen molar-refractivity contribution in [2.75, 3.05) is 25.5 Å². The number of carbonyl (C=O) groups excluding carboxylic acids is 1. The lowest BCUT2D eigenvalue weighted by molar-refractivity contribution is 0.200. The normalized spacial score (nSPS) is 15.2. The number of urea groups is 1.